The lowest BCUT2D eigenvalue weighted by atomic mass is 10.1. The zero-order chi connectivity index (χ0) is 14.7. The first kappa shape index (κ1) is 14.0. The number of para-hydroxylation sites is 1. The standard InChI is InChI=1S/C15H15F2N3/c1-20(9-10-6-7-11(16)8-13(10)17)14-5-3-2-4-12(14)15(18)19/h2-8H,9H2,1H3,(H3,18,19). The van der Waals surface area contributed by atoms with Gasteiger partial charge in [0.15, 0.2) is 0 Å². The molecular formula is C15H15F2N3. The lowest BCUT2D eigenvalue weighted by Gasteiger charge is -2.22. The molecule has 2 aromatic rings. The lowest BCUT2D eigenvalue weighted by Crippen LogP contribution is -2.22. The van der Waals surface area contributed by atoms with Gasteiger partial charge < -0.3 is 10.6 Å². The maximum atomic E-state index is 13.7. The van der Waals surface area contributed by atoms with Crippen molar-refractivity contribution in [2.75, 3.05) is 11.9 Å². The number of amidine groups is 1. The summed E-state index contributed by atoms with van der Waals surface area (Å²) in [6.45, 7) is 0.260. The van der Waals surface area contributed by atoms with Crippen molar-refractivity contribution in [3.63, 3.8) is 0 Å². The number of hydrogen-bond donors (Lipinski definition) is 2. The van der Waals surface area contributed by atoms with E-state index in [4.69, 9.17) is 11.1 Å². The van der Waals surface area contributed by atoms with Crippen LogP contribution in [0.2, 0.25) is 0 Å². The molecule has 0 bridgehead atoms. The van der Waals surface area contributed by atoms with Crippen molar-refractivity contribution in [3.05, 3.63) is 65.2 Å². The molecular weight excluding hydrogens is 260 g/mol. The zero-order valence-electron chi connectivity index (χ0n) is 11.0. The van der Waals surface area contributed by atoms with Crippen LogP contribution in [-0.4, -0.2) is 12.9 Å². The Morgan fingerprint density at radius 1 is 1.20 bits per heavy atom. The Kier molecular flexibility index (Phi) is 3.98. The van der Waals surface area contributed by atoms with Crippen LogP contribution in [0.4, 0.5) is 14.5 Å². The van der Waals surface area contributed by atoms with E-state index in [0.717, 1.165) is 11.8 Å². The molecule has 0 atom stereocenters. The van der Waals surface area contributed by atoms with E-state index >= 15 is 0 Å². The van der Waals surface area contributed by atoms with Crippen LogP contribution in [0.1, 0.15) is 11.1 Å². The highest BCUT2D eigenvalue weighted by Crippen LogP contribution is 2.21. The summed E-state index contributed by atoms with van der Waals surface area (Å²) >= 11 is 0. The van der Waals surface area contributed by atoms with E-state index < -0.39 is 11.6 Å². The minimum atomic E-state index is -0.599. The Morgan fingerprint density at radius 3 is 2.55 bits per heavy atom. The van der Waals surface area contributed by atoms with Gasteiger partial charge in [-0.3, -0.25) is 5.41 Å². The molecule has 20 heavy (non-hydrogen) atoms. The van der Waals surface area contributed by atoms with Gasteiger partial charge in [0.1, 0.15) is 17.5 Å². The van der Waals surface area contributed by atoms with Gasteiger partial charge in [0.2, 0.25) is 0 Å². The lowest BCUT2D eigenvalue weighted by molar-refractivity contribution is 0.571. The molecule has 0 aliphatic rings. The highest BCUT2D eigenvalue weighted by molar-refractivity contribution is 6.00. The van der Waals surface area contributed by atoms with Crippen LogP contribution in [0.25, 0.3) is 0 Å². The van der Waals surface area contributed by atoms with E-state index in [-0.39, 0.29) is 12.4 Å². The Labute approximate surface area is 116 Å². The fourth-order valence-corrected chi connectivity index (χ4v) is 2.02. The predicted octanol–water partition coefficient (Wildman–Crippen LogP) is 2.89. The van der Waals surface area contributed by atoms with Gasteiger partial charge in [0.25, 0.3) is 0 Å². The maximum Gasteiger partial charge on any atom is 0.131 e. The molecule has 0 unspecified atom stereocenters. The van der Waals surface area contributed by atoms with Crippen LogP contribution >= 0.6 is 0 Å². The quantitative estimate of drug-likeness (QED) is 0.666. The van der Waals surface area contributed by atoms with Crippen LogP contribution < -0.4 is 10.6 Å². The molecule has 2 rings (SSSR count). The van der Waals surface area contributed by atoms with Gasteiger partial charge in [0, 0.05) is 36.5 Å². The maximum absolute atomic E-state index is 13.7. The average Bonchev–Trinajstić information content (AvgIpc) is 2.41. The van der Waals surface area contributed by atoms with Crippen LogP contribution in [0.15, 0.2) is 42.5 Å². The topological polar surface area (TPSA) is 53.1 Å². The summed E-state index contributed by atoms with van der Waals surface area (Å²) in [7, 11) is 1.77. The second-order valence-corrected chi connectivity index (χ2v) is 4.52. The molecule has 0 saturated carbocycles. The number of hydrogen-bond acceptors (Lipinski definition) is 2. The molecule has 0 aromatic heterocycles. The number of halogens is 2. The van der Waals surface area contributed by atoms with Crippen molar-refractivity contribution in [2.45, 2.75) is 6.54 Å². The van der Waals surface area contributed by atoms with E-state index in [1.165, 1.54) is 12.1 Å². The zero-order valence-corrected chi connectivity index (χ0v) is 11.0. The average molecular weight is 275 g/mol. The van der Waals surface area contributed by atoms with Gasteiger partial charge >= 0.3 is 0 Å². The van der Waals surface area contributed by atoms with Crippen molar-refractivity contribution in [2.24, 2.45) is 5.73 Å². The molecule has 0 aliphatic carbocycles. The summed E-state index contributed by atoms with van der Waals surface area (Å²) in [4.78, 5) is 1.77. The van der Waals surface area contributed by atoms with Crippen molar-refractivity contribution in [1.82, 2.24) is 0 Å². The molecule has 3 N–H and O–H groups in total. The van der Waals surface area contributed by atoms with Crippen LogP contribution in [0.3, 0.4) is 0 Å². The molecule has 0 spiro atoms. The molecule has 2 aromatic carbocycles. The Morgan fingerprint density at radius 2 is 1.90 bits per heavy atom. The molecule has 104 valence electrons. The van der Waals surface area contributed by atoms with Crippen molar-refractivity contribution < 1.29 is 8.78 Å². The van der Waals surface area contributed by atoms with Crippen molar-refractivity contribution in [3.8, 4) is 0 Å². The van der Waals surface area contributed by atoms with Crippen molar-refractivity contribution in [1.29, 1.82) is 5.41 Å². The van der Waals surface area contributed by atoms with Crippen LogP contribution in [0, 0.1) is 17.0 Å². The number of nitrogen functional groups attached to an aromatic ring is 1. The second-order valence-electron chi connectivity index (χ2n) is 4.52. The van der Waals surface area contributed by atoms with Gasteiger partial charge in [-0.15, -0.1) is 0 Å². The fraction of sp³-hybridized carbons (Fsp3) is 0.133. The van der Waals surface area contributed by atoms with E-state index in [0.29, 0.717) is 11.1 Å². The monoisotopic (exact) mass is 275 g/mol. The third-order valence-electron chi connectivity index (χ3n) is 3.03. The number of benzene rings is 2. The molecule has 5 heteroatoms. The van der Waals surface area contributed by atoms with E-state index in [9.17, 15) is 8.78 Å². The summed E-state index contributed by atoms with van der Waals surface area (Å²) in [5, 5.41) is 7.55. The van der Waals surface area contributed by atoms with Gasteiger partial charge in [-0.2, -0.15) is 0 Å². The molecule has 0 heterocycles. The number of nitrogens with zero attached hydrogens (tertiary/aromatic N) is 1. The number of nitrogens with one attached hydrogen (secondary N) is 1. The summed E-state index contributed by atoms with van der Waals surface area (Å²) in [5.74, 6) is -1.23. The highest BCUT2D eigenvalue weighted by Gasteiger charge is 2.12. The Hall–Kier alpha value is -2.43. The minimum absolute atomic E-state index is 0.0490. The summed E-state index contributed by atoms with van der Waals surface area (Å²) in [6, 6.07) is 10.6. The van der Waals surface area contributed by atoms with Crippen LogP contribution in [0.5, 0.6) is 0 Å². The Balaban J connectivity index is 2.28. The fourth-order valence-electron chi connectivity index (χ4n) is 2.02. The predicted molar refractivity (Wildman–Crippen MR) is 75.9 cm³/mol. The molecule has 0 amide bonds. The molecule has 0 radical (unpaired) electrons. The van der Waals surface area contributed by atoms with E-state index in [1.54, 1.807) is 30.1 Å². The van der Waals surface area contributed by atoms with Crippen LogP contribution in [-0.2, 0) is 6.54 Å². The molecule has 0 saturated heterocycles. The smallest absolute Gasteiger partial charge is 0.131 e. The van der Waals surface area contributed by atoms with Gasteiger partial charge in [-0.05, 0) is 18.2 Å². The first-order valence-corrected chi connectivity index (χ1v) is 6.07. The van der Waals surface area contributed by atoms with E-state index in [2.05, 4.69) is 0 Å². The van der Waals surface area contributed by atoms with Gasteiger partial charge in [-0.25, -0.2) is 8.78 Å². The number of nitrogens with two attached hydrogens (primary N) is 1. The molecule has 3 nitrogen and oxygen atoms in total. The summed E-state index contributed by atoms with van der Waals surface area (Å²) in [5.41, 5.74) is 7.22. The summed E-state index contributed by atoms with van der Waals surface area (Å²) in [6.07, 6.45) is 0. The largest absolute Gasteiger partial charge is 0.384 e. The van der Waals surface area contributed by atoms with Crippen molar-refractivity contribution >= 4 is 11.5 Å². The second kappa shape index (κ2) is 5.69. The number of rotatable bonds is 4. The molecule has 0 aliphatic heterocycles. The SMILES string of the molecule is CN(Cc1ccc(F)cc1F)c1ccccc1C(=N)N. The van der Waals surface area contributed by atoms with Gasteiger partial charge in [-0.1, -0.05) is 18.2 Å². The minimum Gasteiger partial charge on any atom is -0.384 e. The first-order chi connectivity index (χ1) is 9.49. The van der Waals surface area contributed by atoms with Gasteiger partial charge in [0.05, 0.1) is 0 Å². The first-order valence-electron chi connectivity index (χ1n) is 6.07. The number of anilines is 1. The highest BCUT2D eigenvalue weighted by atomic mass is 19.1. The third-order valence-corrected chi connectivity index (χ3v) is 3.03. The third kappa shape index (κ3) is 2.93. The normalized spacial score (nSPS) is 10.3. The Bertz CT molecular complexity index is 641. The molecule has 0 fully saturated rings. The van der Waals surface area contributed by atoms with E-state index in [1.807, 2.05) is 6.07 Å². The summed E-state index contributed by atoms with van der Waals surface area (Å²) < 4.78 is 26.5.